The maximum atomic E-state index is 13.7. The summed E-state index contributed by atoms with van der Waals surface area (Å²) >= 11 is 0. The summed E-state index contributed by atoms with van der Waals surface area (Å²) in [5.74, 6) is -1.48. The Morgan fingerprint density at radius 3 is 2.76 bits per heavy atom. The van der Waals surface area contributed by atoms with E-state index in [1.807, 2.05) is 0 Å². The summed E-state index contributed by atoms with van der Waals surface area (Å²) in [7, 11) is 0. The van der Waals surface area contributed by atoms with Gasteiger partial charge in [0.15, 0.2) is 0 Å². The van der Waals surface area contributed by atoms with Crippen LogP contribution in [-0.4, -0.2) is 48.3 Å². The molecular formula is C15H21FN2O3. The van der Waals surface area contributed by atoms with Gasteiger partial charge in [0.2, 0.25) is 0 Å². The smallest absolute Gasteiger partial charge is 0.260 e. The number of amides is 1. The van der Waals surface area contributed by atoms with Crippen molar-refractivity contribution in [2.24, 2.45) is 5.73 Å². The average molecular weight is 296 g/mol. The number of likely N-dealkylation sites (tertiary alicyclic amines) is 1. The number of hydrogen-bond acceptors (Lipinski definition) is 4. The second-order valence-corrected chi connectivity index (χ2v) is 5.14. The maximum absolute atomic E-state index is 13.7. The topological polar surface area (TPSA) is 75.8 Å². The molecule has 0 unspecified atom stereocenters. The quantitative estimate of drug-likeness (QED) is 0.807. The SMILES string of the molecule is NCCCOC1CCN(C(=O)c2c(O)cccc2F)CC1. The maximum Gasteiger partial charge on any atom is 0.260 e. The molecule has 1 amide bonds. The molecule has 3 N–H and O–H groups in total. The summed E-state index contributed by atoms with van der Waals surface area (Å²) in [4.78, 5) is 13.8. The highest BCUT2D eigenvalue weighted by Gasteiger charge is 2.27. The molecule has 1 saturated heterocycles. The van der Waals surface area contributed by atoms with Gasteiger partial charge in [-0.05, 0) is 37.9 Å². The Kier molecular flexibility index (Phi) is 5.52. The Morgan fingerprint density at radius 1 is 1.43 bits per heavy atom. The van der Waals surface area contributed by atoms with Crippen LogP contribution in [0.3, 0.4) is 0 Å². The molecule has 0 spiro atoms. The van der Waals surface area contributed by atoms with Crippen molar-refractivity contribution < 1.29 is 19.0 Å². The van der Waals surface area contributed by atoms with Crippen LogP contribution in [-0.2, 0) is 4.74 Å². The fourth-order valence-electron chi connectivity index (χ4n) is 2.44. The van der Waals surface area contributed by atoms with E-state index in [0.29, 0.717) is 39.1 Å². The van der Waals surface area contributed by atoms with E-state index in [9.17, 15) is 14.3 Å². The molecule has 1 fully saturated rings. The average Bonchev–Trinajstić information content (AvgIpc) is 2.48. The monoisotopic (exact) mass is 296 g/mol. The van der Waals surface area contributed by atoms with E-state index in [2.05, 4.69) is 0 Å². The first-order valence-electron chi connectivity index (χ1n) is 7.22. The number of hydrogen-bond donors (Lipinski definition) is 2. The van der Waals surface area contributed by atoms with E-state index in [1.165, 1.54) is 18.2 Å². The van der Waals surface area contributed by atoms with E-state index in [-0.39, 0.29) is 17.4 Å². The van der Waals surface area contributed by atoms with Gasteiger partial charge in [0.25, 0.3) is 5.91 Å². The molecule has 0 saturated carbocycles. The lowest BCUT2D eigenvalue weighted by molar-refractivity contribution is 0.00827. The van der Waals surface area contributed by atoms with Gasteiger partial charge >= 0.3 is 0 Å². The molecule has 0 aromatic heterocycles. The third-order valence-corrected chi connectivity index (χ3v) is 3.64. The number of phenolic OH excluding ortho intramolecular Hbond substituents is 1. The highest BCUT2D eigenvalue weighted by molar-refractivity contribution is 5.97. The molecule has 1 aliphatic heterocycles. The zero-order chi connectivity index (χ0) is 15.2. The fourth-order valence-corrected chi connectivity index (χ4v) is 2.44. The van der Waals surface area contributed by atoms with Crippen molar-refractivity contribution in [3.05, 3.63) is 29.6 Å². The second-order valence-electron chi connectivity index (χ2n) is 5.14. The number of phenols is 1. The number of nitrogens with zero attached hydrogens (tertiary/aromatic N) is 1. The lowest BCUT2D eigenvalue weighted by Gasteiger charge is -2.32. The van der Waals surface area contributed by atoms with E-state index >= 15 is 0 Å². The Bertz CT molecular complexity index is 468. The molecule has 21 heavy (non-hydrogen) atoms. The third-order valence-electron chi connectivity index (χ3n) is 3.64. The van der Waals surface area contributed by atoms with Crippen LogP contribution >= 0.6 is 0 Å². The molecule has 0 atom stereocenters. The summed E-state index contributed by atoms with van der Waals surface area (Å²) in [5.41, 5.74) is 5.16. The number of ether oxygens (including phenoxy) is 1. The van der Waals surface area contributed by atoms with Crippen LogP contribution < -0.4 is 5.73 Å². The van der Waals surface area contributed by atoms with Gasteiger partial charge in [0, 0.05) is 19.7 Å². The Hall–Kier alpha value is -1.66. The van der Waals surface area contributed by atoms with Gasteiger partial charge in [-0.3, -0.25) is 4.79 Å². The summed E-state index contributed by atoms with van der Waals surface area (Å²) in [6.07, 6.45) is 2.37. The van der Waals surface area contributed by atoms with Gasteiger partial charge in [-0.1, -0.05) is 6.07 Å². The van der Waals surface area contributed by atoms with E-state index in [4.69, 9.17) is 10.5 Å². The van der Waals surface area contributed by atoms with Gasteiger partial charge in [-0.25, -0.2) is 4.39 Å². The summed E-state index contributed by atoms with van der Waals surface area (Å²) < 4.78 is 19.4. The number of nitrogens with two attached hydrogens (primary N) is 1. The summed E-state index contributed by atoms with van der Waals surface area (Å²) in [6, 6.07) is 3.87. The Morgan fingerprint density at radius 2 is 2.14 bits per heavy atom. The van der Waals surface area contributed by atoms with Crippen molar-refractivity contribution in [2.75, 3.05) is 26.2 Å². The second kappa shape index (κ2) is 7.38. The molecule has 1 aliphatic rings. The largest absolute Gasteiger partial charge is 0.507 e. The van der Waals surface area contributed by atoms with Gasteiger partial charge in [0.1, 0.15) is 17.1 Å². The number of halogens is 1. The van der Waals surface area contributed by atoms with E-state index < -0.39 is 11.7 Å². The summed E-state index contributed by atoms with van der Waals surface area (Å²) in [5, 5.41) is 9.66. The molecule has 0 bridgehead atoms. The van der Waals surface area contributed by atoms with Crippen molar-refractivity contribution in [3.63, 3.8) is 0 Å². The van der Waals surface area contributed by atoms with Gasteiger partial charge in [-0.15, -0.1) is 0 Å². The Balaban J connectivity index is 1.91. The van der Waals surface area contributed by atoms with E-state index in [1.54, 1.807) is 4.90 Å². The van der Waals surface area contributed by atoms with Crippen LogP contribution in [0.2, 0.25) is 0 Å². The minimum absolute atomic E-state index is 0.120. The minimum atomic E-state index is -0.693. The number of piperidine rings is 1. The number of rotatable bonds is 5. The van der Waals surface area contributed by atoms with Crippen LogP contribution in [0.5, 0.6) is 5.75 Å². The Labute approximate surface area is 123 Å². The highest BCUT2D eigenvalue weighted by atomic mass is 19.1. The molecular weight excluding hydrogens is 275 g/mol. The fraction of sp³-hybridized carbons (Fsp3) is 0.533. The first kappa shape index (κ1) is 15.7. The van der Waals surface area contributed by atoms with Gasteiger partial charge in [-0.2, -0.15) is 0 Å². The number of carbonyl (C=O) groups excluding carboxylic acids is 1. The molecule has 5 nitrogen and oxygen atoms in total. The molecule has 116 valence electrons. The predicted molar refractivity (Wildman–Crippen MR) is 76.6 cm³/mol. The van der Waals surface area contributed by atoms with Crippen molar-refractivity contribution in [2.45, 2.75) is 25.4 Å². The van der Waals surface area contributed by atoms with Gasteiger partial charge in [0.05, 0.1) is 6.10 Å². The summed E-state index contributed by atoms with van der Waals surface area (Å²) in [6.45, 7) is 2.23. The lowest BCUT2D eigenvalue weighted by atomic mass is 10.1. The normalized spacial score (nSPS) is 16.2. The zero-order valence-corrected chi connectivity index (χ0v) is 11.9. The molecule has 0 radical (unpaired) electrons. The minimum Gasteiger partial charge on any atom is -0.507 e. The van der Waals surface area contributed by atoms with Gasteiger partial charge < -0.3 is 20.5 Å². The molecule has 1 heterocycles. The van der Waals surface area contributed by atoms with Crippen molar-refractivity contribution in [3.8, 4) is 5.75 Å². The van der Waals surface area contributed by atoms with Crippen LogP contribution in [0.1, 0.15) is 29.6 Å². The molecule has 1 aromatic carbocycles. The molecule has 0 aliphatic carbocycles. The number of aromatic hydroxyl groups is 1. The zero-order valence-electron chi connectivity index (χ0n) is 11.9. The van der Waals surface area contributed by atoms with Crippen molar-refractivity contribution in [1.82, 2.24) is 4.90 Å². The molecule has 2 rings (SSSR count). The molecule has 6 heteroatoms. The van der Waals surface area contributed by atoms with Crippen molar-refractivity contribution in [1.29, 1.82) is 0 Å². The van der Waals surface area contributed by atoms with Crippen LogP contribution in [0, 0.1) is 5.82 Å². The number of carbonyl (C=O) groups is 1. The lowest BCUT2D eigenvalue weighted by Crippen LogP contribution is -2.41. The molecule has 1 aromatic rings. The van der Waals surface area contributed by atoms with Crippen LogP contribution in [0.25, 0.3) is 0 Å². The van der Waals surface area contributed by atoms with Crippen molar-refractivity contribution >= 4 is 5.91 Å². The highest BCUT2D eigenvalue weighted by Crippen LogP contribution is 2.24. The standard InChI is InChI=1S/C15H21FN2O3/c16-12-3-1-4-13(19)14(12)15(20)18-8-5-11(6-9-18)21-10-2-7-17/h1,3-4,11,19H,2,5-10,17H2. The predicted octanol–water partition coefficient (Wildman–Crippen LogP) is 1.50. The third kappa shape index (κ3) is 3.92. The first-order valence-corrected chi connectivity index (χ1v) is 7.22. The number of benzene rings is 1. The first-order chi connectivity index (χ1) is 10.1. The van der Waals surface area contributed by atoms with Crippen LogP contribution in [0.4, 0.5) is 4.39 Å². The van der Waals surface area contributed by atoms with E-state index in [0.717, 1.165) is 6.42 Å². The van der Waals surface area contributed by atoms with Crippen LogP contribution in [0.15, 0.2) is 18.2 Å².